The fourth-order valence-electron chi connectivity index (χ4n) is 1.81. The summed E-state index contributed by atoms with van der Waals surface area (Å²) in [5, 5.41) is 5.05. The molecule has 2 aliphatic rings. The van der Waals surface area contributed by atoms with Gasteiger partial charge in [0.25, 0.3) is 0 Å². The van der Waals surface area contributed by atoms with Crippen molar-refractivity contribution in [3.8, 4) is 0 Å². The molecule has 0 fully saturated rings. The summed E-state index contributed by atoms with van der Waals surface area (Å²) in [5.41, 5.74) is 0. The van der Waals surface area contributed by atoms with Crippen LogP contribution in [-0.4, -0.2) is 0 Å². The molecular weight excluding hydrogens is 240 g/mol. The molecule has 0 spiro atoms. The van der Waals surface area contributed by atoms with Crippen molar-refractivity contribution in [1.82, 2.24) is 0 Å². The van der Waals surface area contributed by atoms with E-state index in [1.807, 2.05) is 0 Å². The molecule has 2 aliphatic carbocycles. The van der Waals surface area contributed by atoms with Crippen LogP contribution in [0.3, 0.4) is 0 Å². The van der Waals surface area contributed by atoms with Crippen molar-refractivity contribution in [3.05, 3.63) is 48.6 Å². The van der Waals surface area contributed by atoms with Crippen LogP contribution in [0.25, 0.3) is 0 Å². The van der Waals surface area contributed by atoms with E-state index in [1.54, 1.807) is 0 Å². The van der Waals surface area contributed by atoms with Crippen LogP contribution < -0.4 is 0 Å². The summed E-state index contributed by atoms with van der Waals surface area (Å²) in [7, 11) is 0. The van der Waals surface area contributed by atoms with Crippen LogP contribution in [0.15, 0.2) is 48.6 Å². The molecule has 0 N–H and O–H groups in total. The number of rotatable bonds is 2. The van der Waals surface area contributed by atoms with Gasteiger partial charge in [-0.3, -0.25) is 0 Å². The SMILES string of the molecule is [CH3][Mo]([CH3])([CH]1C=CC=C1)[CH]1C=CC=C1. The molecule has 0 nitrogen and oxygen atoms in total. The first-order valence-electron chi connectivity index (χ1n) is 4.62. The van der Waals surface area contributed by atoms with Crippen molar-refractivity contribution in [1.29, 1.82) is 0 Å². The summed E-state index contributed by atoms with van der Waals surface area (Å²) in [6.45, 7) is 0. The zero-order valence-corrected chi connectivity index (χ0v) is 10.2. The van der Waals surface area contributed by atoms with Gasteiger partial charge in [-0.25, -0.2) is 0 Å². The molecule has 2 rings (SSSR count). The number of hydrogen-bond acceptors (Lipinski definition) is 0. The number of allylic oxidation sites excluding steroid dienone is 8. The fraction of sp³-hybridized carbons (Fsp3) is 0.333. The standard InChI is InChI=1S/2C5H5.2CH3.Mo/c2*1-2-4-5-3-1;;;/h2*1-5H;2*1H3;. The van der Waals surface area contributed by atoms with E-state index < -0.39 is 16.1 Å². The van der Waals surface area contributed by atoms with Gasteiger partial charge in [0.1, 0.15) is 0 Å². The van der Waals surface area contributed by atoms with Gasteiger partial charge in [0.05, 0.1) is 0 Å². The molecule has 70 valence electrons. The molecule has 0 aromatic rings. The molecule has 0 bridgehead atoms. The molecule has 0 saturated heterocycles. The van der Waals surface area contributed by atoms with E-state index in [2.05, 4.69) is 59.2 Å². The van der Waals surface area contributed by atoms with Crippen LogP contribution in [0.5, 0.6) is 0 Å². The van der Waals surface area contributed by atoms with Crippen molar-refractivity contribution in [2.24, 2.45) is 0 Å². The van der Waals surface area contributed by atoms with Gasteiger partial charge < -0.3 is 0 Å². The molecular formula is C12H16Mo. The molecule has 0 aromatic heterocycles. The van der Waals surface area contributed by atoms with E-state index in [0.717, 1.165) is 8.62 Å². The number of hydrogen-bond donors (Lipinski definition) is 0. The van der Waals surface area contributed by atoms with Crippen LogP contribution >= 0.6 is 0 Å². The van der Waals surface area contributed by atoms with Gasteiger partial charge in [0, 0.05) is 0 Å². The third-order valence-corrected chi connectivity index (χ3v) is 11.3. The Hall–Kier alpha value is -0.352. The quantitative estimate of drug-likeness (QED) is 0.653. The average molecular weight is 256 g/mol. The Balaban J connectivity index is 2.19. The first-order valence-corrected chi connectivity index (χ1v) is 11.0. The van der Waals surface area contributed by atoms with Gasteiger partial charge in [-0.2, -0.15) is 0 Å². The molecule has 1 heteroatoms. The summed E-state index contributed by atoms with van der Waals surface area (Å²) in [5.74, 6) is 0. The van der Waals surface area contributed by atoms with Gasteiger partial charge >= 0.3 is 83.9 Å². The minimum atomic E-state index is -1.74. The molecule has 0 amide bonds. The predicted molar refractivity (Wildman–Crippen MR) is 55.8 cm³/mol. The predicted octanol–water partition coefficient (Wildman–Crippen LogP) is 4.07. The van der Waals surface area contributed by atoms with E-state index in [0.29, 0.717) is 0 Å². The van der Waals surface area contributed by atoms with E-state index in [9.17, 15) is 0 Å². The third kappa shape index (κ3) is 1.65. The van der Waals surface area contributed by atoms with Gasteiger partial charge in [0.15, 0.2) is 0 Å². The zero-order chi connectivity index (χ0) is 9.31. The third-order valence-electron chi connectivity index (χ3n) is 2.83. The van der Waals surface area contributed by atoms with Crippen molar-refractivity contribution < 1.29 is 16.1 Å². The zero-order valence-electron chi connectivity index (χ0n) is 8.18. The summed E-state index contributed by atoms with van der Waals surface area (Å²) >= 11 is -1.74. The Kier molecular flexibility index (Phi) is 2.42. The van der Waals surface area contributed by atoms with E-state index in [4.69, 9.17) is 0 Å². The van der Waals surface area contributed by atoms with Crippen LogP contribution in [0.1, 0.15) is 0 Å². The van der Waals surface area contributed by atoms with Crippen molar-refractivity contribution in [2.45, 2.75) is 19.2 Å². The van der Waals surface area contributed by atoms with Crippen LogP contribution in [0.4, 0.5) is 0 Å². The van der Waals surface area contributed by atoms with Crippen molar-refractivity contribution in [3.63, 3.8) is 0 Å². The minimum absolute atomic E-state index is 0.778. The fourth-order valence-corrected chi connectivity index (χ4v) is 7.58. The van der Waals surface area contributed by atoms with E-state index >= 15 is 0 Å². The molecule has 0 aromatic carbocycles. The van der Waals surface area contributed by atoms with Crippen molar-refractivity contribution in [2.75, 3.05) is 0 Å². The van der Waals surface area contributed by atoms with Gasteiger partial charge in [-0.05, 0) is 0 Å². The Bertz CT molecular complexity index is 251. The molecule has 0 saturated carbocycles. The first kappa shape index (κ1) is 9.21. The summed E-state index contributed by atoms with van der Waals surface area (Å²) in [6.07, 6.45) is 18.3. The first-order chi connectivity index (χ1) is 6.21. The second kappa shape index (κ2) is 3.42. The molecule has 13 heavy (non-hydrogen) atoms. The van der Waals surface area contributed by atoms with E-state index in [1.165, 1.54) is 0 Å². The molecule has 0 radical (unpaired) electrons. The Morgan fingerprint density at radius 2 is 1.00 bits per heavy atom. The van der Waals surface area contributed by atoms with Crippen LogP contribution in [0, 0.1) is 0 Å². The molecule has 0 heterocycles. The van der Waals surface area contributed by atoms with Gasteiger partial charge in [-0.15, -0.1) is 0 Å². The summed E-state index contributed by atoms with van der Waals surface area (Å²) in [4.78, 5) is 0. The summed E-state index contributed by atoms with van der Waals surface area (Å²) < 4.78 is 1.56. The monoisotopic (exact) mass is 258 g/mol. The van der Waals surface area contributed by atoms with Gasteiger partial charge in [-0.1, -0.05) is 0 Å². The van der Waals surface area contributed by atoms with E-state index in [-0.39, 0.29) is 0 Å². The van der Waals surface area contributed by atoms with Gasteiger partial charge in [0.2, 0.25) is 0 Å². The van der Waals surface area contributed by atoms with Crippen LogP contribution in [-0.2, 0) is 16.1 Å². The maximum atomic E-state index is 2.53. The molecule has 0 unspecified atom stereocenters. The van der Waals surface area contributed by atoms with Crippen molar-refractivity contribution >= 4 is 0 Å². The normalized spacial score (nSPS) is 23.5. The second-order valence-electron chi connectivity index (χ2n) is 3.96. The maximum absolute atomic E-state index is 2.53. The Labute approximate surface area is 83.9 Å². The molecule has 0 aliphatic heterocycles. The molecule has 0 atom stereocenters. The Morgan fingerprint density at radius 3 is 1.31 bits per heavy atom. The topological polar surface area (TPSA) is 0 Å². The summed E-state index contributed by atoms with van der Waals surface area (Å²) in [6, 6.07) is 0. The Morgan fingerprint density at radius 1 is 0.692 bits per heavy atom. The average Bonchev–Trinajstić information content (AvgIpc) is 2.78. The second-order valence-corrected chi connectivity index (χ2v) is 13.9. The van der Waals surface area contributed by atoms with Crippen LogP contribution in [0.2, 0.25) is 19.2 Å².